The second-order valence-electron chi connectivity index (χ2n) is 5.56. The maximum absolute atomic E-state index is 12.0. The van der Waals surface area contributed by atoms with E-state index in [1.165, 1.54) is 12.1 Å². The summed E-state index contributed by atoms with van der Waals surface area (Å²) in [6, 6.07) is 3.65. The van der Waals surface area contributed by atoms with Crippen LogP contribution >= 0.6 is 0 Å². The smallest absolute Gasteiger partial charge is 0.383 e. The van der Waals surface area contributed by atoms with Gasteiger partial charge in [0, 0.05) is 6.07 Å². The van der Waals surface area contributed by atoms with E-state index in [2.05, 4.69) is 0 Å². The predicted molar refractivity (Wildman–Crippen MR) is 80.2 cm³/mol. The Kier molecular flexibility index (Phi) is 4.54. The maximum Gasteiger partial charge on any atom is 0.383 e. The van der Waals surface area contributed by atoms with Crippen molar-refractivity contribution in [1.82, 2.24) is 0 Å². The van der Waals surface area contributed by atoms with Gasteiger partial charge in [0.05, 0.1) is 12.0 Å². The predicted octanol–water partition coefficient (Wildman–Crippen LogP) is -1.62. The van der Waals surface area contributed by atoms with Crippen LogP contribution in [0.1, 0.15) is 0 Å². The molecule has 2 heterocycles. The van der Waals surface area contributed by atoms with Gasteiger partial charge >= 0.3 is 5.63 Å². The molecular formula is C15H16O10. The molecule has 0 aliphatic carbocycles. The molecule has 10 heteroatoms. The first kappa shape index (κ1) is 17.5. The van der Waals surface area contributed by atoms with Crippen LogP contribution in [-0.4, -0.2) is 68.0 Å². The van der Waals surface area contributed by atoms with Crippen molar-refractivity contribution in [3.63, 3.8) is 0 Å². The van der Waals surface area contributed by atoms with Gasteiger partial charge in [-0.25, -0.2) is 4.79 Å². The van der Waals surface area contributed by atoms with E-state index in [1.54, 1.807) is 0 Å². The molecule has 6 N–H and O–H groups in total. The summed E-state index contributed by atoms with van der Waals surface area (Å²) in [4.78, 5) is 12.0. The molecule has 25 heavy (non-hydrogen) atoms. The van der Waals surface area contributed by atoms with E-state index in [0.717, 1.165) is 6.07 Å². The maximum atomic E-state index is 12.0. The number of hydrogen-bond acceptors (Lipinski definition) is 10. The van der Waals surface area contributed by atoms with Crippen molar-refractivity contribution in [3.05, 3.63) is 28.6 Å². The summed E-state index contributed by atoms with van der Waals surface area (Å²) in [7, 11) is 0. The number of aliphatic hydroxyl groups excluding tert-OH is 4. The second kappa shape index (κ2) is 6.50. The van der Waals surface area contributed by atoms with Gasteiger partial charge in [-0.3, -0.25) is 0 Å². The summed E-state index contributed by atoms with van der Waals surface area (Å²) in [5, 5.41) is 58.2. The molecule has 0 bridgehead atoms. The zero-order chi connectivity index (χ0) is 18.3. The lowest BCUT2D eigenvalue weighted by Crippen LogP contribution is -2.60. The fourth-order valence-electron chi connectivity index (χ4n) is 2.54. The van der Waals surface area contributed by atoms with E-state index >= 15 is 0 Å². The molecule has 1 aliphatic rings. The van der Waals surface area contributed by atoms with E-state index in [1.807, 2.05) is 0 Å². The molecule has 0 spiro atoms. The lowest BCUT2D eigenvalue weighted by atomic mass is 9.99. The number of phenolic OH excluding ortho intramolecular Hbond substituents is 1. The molecule has 1 aromatic carbocycles. The first-order valence-corrected chi connectivity index (χ1v) is 7.29. The Hall–Kier alpha value is -2.37. The average molecular weight is 356 g/mol. The summed E-state index contributed by atoms with van der Waals surface area (Å²) in [5.41, 5.74) is -1.21. The number of benzene rings is 1. The standard InChI is InChI=1S/C15H16O10/c16-4-8-10(19)11(20)12(21)15(24-8)25-13-9(18)6-2-1-5(17)3-7(6)23-14(13)22/h1-3,8,10-12,15-21H,4H2/t8-,10-,11+,12-,15+/m1/s1. The molecule has 136 valence electrons. The number of phenols is 1. The van der Waals surface area contributed by atoms with Gasteiger partial charge < -0.3 is 44.5 Å². The average Bonchev–Trinajstić information content (AvgIpc) is 2.58. The molecule has 5 atom stereocenters. The molecule has 1 aromatic heterocycles. The Labute approximate surface area is 139 Å². The highest BCUT2D eigenvalue weighted by Crippen LogP contribution is 2.34. The summed E-state index contributed by atoms with van der Waals surface area (Å²) in [6.07, 6.45) is -7.95. The third-order valence-electron chi connectivity index (χ3n) is 3.91. The zero-order valence-corrected chi connectivity index (χ0v) is 12.6. The Morgan fingerprint density at radius 2 is 1.80 bits per heavy atom. The van der Waals surface area contributed by atoms with Gasteiger partial charge in [-0.15, -0.1) is 0 Å². The molecule has 0 amide bonds. The number of aliphatic hydroxyl groups is 4. The third kappa shape index (κ3) is 3.01. The lowest BCUT2D eigenvalue weighted by molar-refractivity contribution is -0.278. The monoisotopic (exact) mass is 356 g/mol. The van der Waals surface area contributed by atoms with Crippen LogP contribution < -0.4 is 10.4 Å². The Morgan fingerprint density at radius 3 is 2.48 bits per heavy atom. The van der Waals surface area contributed by atoms with E-state index in [9.17, 15) is 30.3 Å². The highest BCUT2D eigenvalue weighted by atomic mass is 16.7. The van der Waals surface area contributed by atoms with Gasteiger partial charge in [-0.2, -0.15) is 0 Å². The second-order valence-corrected chi connectivity index (χ2v) is 5.56. The zero-order valence-electron chi connectivity index (χ0n) is 12.6. The third-order valence-corrected chi connectivity index (χ3v) is 3.91. The first-order chi connectivity index (χ1) is 11.8. The highest BCUT2D eigenvalue weighted by molar-refractivity contribution is 5.86. The van der Waals surface area contributed by atoms with Crippen molar-refractivity contribution in [2.75, 3.05) is 6.61 Å². The van der Waals surface area contributed by atoms with Gasteiger partial charge in [-0.05, 0) is 12.1 Å². The number of hydrogen-bond donors (Lipinski definition) is 6. The quantitative estimate of drug-likeness (QED) is 0.351. The van der Waals surface area contributed by atoms with E-state index < -0.39 is 54.4 Å². The van der Waals surface area contributed by atoms with Crippen LogP contribution in [0.15, 0.2) is 27.4 Å². The molecule has 2 aromatic rings. The van der Waals surface area contributed by atoms with Gasteiger partial charge in [-0.1, -0.05) is 0 Å². The van der Waals surface area contributed by atoms with Gasteiger partial charge in [0.2, 0.25) is 6.29 Å². The fraction of sp³-hybridized carbons (Fsp3) is 0.400. The molecule has 0 unspecified atom stereocenters. The summed E-state index contributed by atoms with van der Waals surface area (Å²) < 4.78 is 15.2. The number of ether oxygens (including phenoxy) is 2. The topological polar surface area (TPSA) is 170 Å². The molecule has 0 saturated carbocycles. The summed E-state index contributed by atoms with van der Waals surface area (Å²) in [6.45, 7) is -0.678. The molecule has 10 nitrogen and oxygen atoms in total. The molecular weight excluding hydrogens is 340 g/mol. The van der Waals surface area contributed by atoms with Crippen LogP contribution in [0.4, 0.5) is 0 Å². The highest BCUT2D eigenvalue weighted by Gasteiger charge is 2.45. The van der Waals surface area contributed by atoms with Gasteiger partial charge in [0.1, 0.15) is 35.7 Å². The normalized spacial score (nSPS) is 29.7. The molecule has 0 radical (unpaired) electrons. The Morgan fingerprint density at radius 1 is 1.08 bits per heavy atom. The van der Waals surface area contributed by atoms with Crippen molar-refractivity contribution >= 4 is 11.0 Å². The van der Waals surface area contributed by atoms with Crippen LogP contribution in [0.25, 0.3) is 11.0 Å². The molecule has 1 saturated heterocycles. The van der Waals surface area contributed by atoms with E-state index in [0.29, 0.717) is 0 Å². The van der Waals surface area contributed by atoms with Crippen molar-refractivity contribution in [2.45, 2.75) is 30.7 Å². The van der Waals surface area contributed by atoms with Crippen molar-refractivity contribution in [1.29, 1.82) is 0 Å². The molecule has 3 rings (SSSR count). The van der Waals surface area contributed by atoms with E-state index in [4.69, 9.17) is 19.0 Å². The van der Waals surface area contributed by atoms with Crippen LogP contribution in [0, 0.1) is 0 Å². The lowest BCUT2D eigenvalue weighted by Gasteiger charge is -2.39. The van der Waals surface area contributed by atoms with Crippen molar-refractivity contribution < 1.29 is 44.5 Å². The van der Waals surface area contributed by atoms with Crippen LogP contribution in [0.3, 0.4) is 0 Å². The van der Waals surface area contributed by atoms with Crippen LogP contribution in [-0.2, 0) is 4.74 Å². The number of fused-ring (bicyclic) bond motifs is 1. The minimum atomic E-state index is -1.76. The molecule has 1 fully saturated rings. The Bertz CT molecular complexity index is 829. The first-order valence-electron chi connectivity index (χ1n) is 7.29. The largest absolute Gasteiger partial charge is 0.508 e. The Balaban J connectivity index is 1.97. The van der Waals surface area contributed by atoms with Gasteiger partial charge in [0.25, 0.3) is 5.75 Å². The summed E-state index contributed by atoms with van der Waals surface area (Å²) >= 11 is 0. The minimum absolute atomic E-state index is 0.0528. The number of rotatable bonds is 3. The summed E-state index contributed by atoms with van der Waals surface area (Å²) in [5.74, 6) is -1.50. The van der Waals surface area contributed by atoms with Gasteiger partial charge in [0.15, 0.2) is 5.75 Å². The van der Waals surface area contributed by atoms with Crippen molar-refractivity contribution in [3.8, 4) is 17.2 Å². The van der Waals surface area contributed by atoms with E-state index in [-0.39, 0.29) is 16.7 Å². The van der Waals surface area contributed by atoms with Crippen molar-refractivity contribution in [2.24, 2.45) is 0 Å². The number of aromatic hydroxyl groups is 2. The minimum Gasteiger partial charge on any atom is -0.508 e. The van der Waals surface area contributed by atoms with Crippen LogP contribution in [0.2, 0.25) is 0 Å². The fourth-order valence-corrected chi connectivity index (χ4v) is 2.54. The SMILES string of the molecule is O=c1oc2cc(O)ccc2c(O)c1O[C@@H]1O[C@H](CO)[C@@H](O)[C@H](O)[C@H]1O. The van der Waals surface area contributed by atoms with Crippen LogP contribution in [0.5, 0.6) is 17.2 Å². The molecule has 1 aliphatic heterocycles.